The molecule has 9 heavy (non-hydrogen) atoms. The van der Waals surface area contributed by atoms with Gasteiger partial charge in [0.05, 0.1) is 0 Å². The molecule has 0 unspecified atom stereocenters. The van der Waals surface area contributed by atoms with Crippen LogP contribution in [-0.4, -0.2) is 35.9 Å². The zero-order valence-electron chi connectivity index (χ0n) is 5.06. The van der Waals surface area contributed by atoms with E-state index in [1.54, 1.807) is 4.90 Å². The van der Waals surface area contributed by atoms with E-state index in [0.717, 1.165) is 25.0 Å². The van der Waals surface area contributed by atoms with Crippen LogP contribution in [0.1, 0.15) is 0 Å². The highest BCUT2D eigenvalue weighted by Gasteiger charge is 2.17. The number of nitrogens with one attached hydrogen (secondary N) is 1. The minimum atomic E-state index is 0.0643. The van der Waals surface area contributed by atoms with E-state index in [1.165, 1.54) is 0 Å². The summed E-state index contributed by atoms with van der Waals surface area (Å²) in [5.41, 5.74) is 0. The predicted octanol–water partition coefficient (Wildman–Crippen LogP) is 0.407. The Morgan fingerprint density at radius 1 is 1.78 bits per heavy atom. The molecule has 0 aromatic carbocycles. The lowest BCUT2D eigenvalue weighted by Crippen LogP contribution is -2.29. The van der Waals surface area contributed by atoms with E-state index in [4.69, 9.17) is 0 Å². The third-order valence-corrected chi connectivity index (χ3v) is 1.65. The Morgan fingerprint density at radius 3 is 3.00 bits per heavy atom. The van der Waals surface area contributed by atoms with E-state index in [9.17, 15) is 4.79 Å². The van der Waals surface area contributed by atoms with Crippen molar-refractivity contribution in [3.8, 4) is 0 Å². The quantitative estimate of drug-likeness (QED) is 0.632. The average Bonchev–Trinajstić information content (AvgIpc) is 2.18. The van der Waals surface area contributed by atoms with Crippen LogP contribution >= 0.6 is 15.9 Å². The van der Waals surface area contributed by atoms with Crippen molar-refractivity contribution in [3.05, 3.63) is 0 Å². The highest BCUT2D eigenvalue weighted by molar-refractivity contribution is 9.09. The smallest absolute Gasteiger partial charge is 0.317 e. The Balaban J connectivity index is 2.31. The van der Waals surface area contributed by atoms with Gasteiger partial charge in [-0.05, 0) is 0 Å². The maximum atomic E-state index is 10.8. The summed E-state index contributed by atoms with van der Waals surface area (Å²) < 4.78 is 0. The molecule has 2 amide bonds. The van der Waals surface area contributed by atoms with Gasteiger partial charge in [0.15, 0.2) is 0 Å². The van der Waals surface area contributed by atoms with Crippen LogP contribution in [0.3, 0.4) is 0 Å². The number of amides is 2. The van der Waals surface area contributed by atoms with E-state index >= 15 is 0 Å². The van der Waals surface area contributed by atoms with Crippen LogP contribution in [0.15, 0.2) is 0 Å². The number of carbonyl (C=O) groups is 1. The van der Waals surface area contributed by atoms with E-state index in [0.29, 0.717) is 0 Å². The van der Waals surface area contributed by atoms with Gasteiger partial charge in [-0.1, -0.05) is 15.9 Å². The first kappa shape index (κ1) is 6.86. The van der Waals surface area contributed by atoms with Crippen molar-refractivity contribution in [3.63, 3.8) is 0 Å². The third-order valence-electron chi connectivity index (χ3n) is 1.30. The lowest BCUT2D eigenvalue weighted by Gasteiger charge is -2.10. The summed E-state index contributed by atoms with van der Waals surface area (Å²) in [6.07, 6.45) is 0. The molecule has 1 N–H and O–H groups in total. The van der Waals surface area contributed by atoms with Crippen molar-refractivity contribution < 1.29 is 4.79 Å². The Labute approximate surface area is 62.5 Å². The van der Waals surface area contributed by atoms with Gasteiger partial charge in [0, 0.05) is 25.0 Å². The number of alkyl halides is 1. The van der Waals surface area contributed by atoms with Crippen molar-refractivity contribution in [1.82, 2.24) is 10.2 Å². The molecule has 0 spiro atoms. The number of hydrogen-bond donors (Lipinski definition) is 1. The molecule has 1 fully saturated rings. The standard InChI is InChI=1S/C5H9BrN2O/c6-1-3-8-4-2-7-5(8)9/h1-4H2,(H,7,9). The summed E-state index contributed by atoms with van der Waals surface area (Å²) in [5.74, 6) is 0. The summed E-state index contributed by atoms with van der Waals surface area (Å²) in [7, 11) is 0. The largest absolute Gasteiger partial charge is 0.336 e. The fraction of sp³-hybridized carbons (Fsp3) is 0.800. The number of carbonyl (C=O) groups excluding carboxylic acids is 1. The first-order chi connectivity index (χ1) is 4.34. The first-order valence-corrected chi connectivity index (χ1v) is 4.05. The summed E-state index contributed by atoms with van der Waals surface area (Å²) >= 11 is 3.27. The Kier molecular flexibility index (Phi) is 2.33. The van der Waals surface area contributed by atoms with Gasteiger partial charge in [0.1, 0.15) is 0 Å². The van der Waals surface area contributed by atoms with Crippen LogP contribution in [0, 0.1) is 0 Å². The Bertz CT molecular complexity index is 118. The molecule has 0 atom stereocenters. The summed E-state index contributed by atoms with van der Waals surface area (Å²) in [4.78, 5) is 12.5. The molecule has 1 rings (SSSR count). The van der Waals surface area contributed by atoms with E-state index in [2.05, 4.69) is 21.2 Å². The molecule has 1 aliphatic heterocycles. The highest BCUT2D eigenvalue weighted by atomic mass is 79.9. The van der Waals surface area contributed by atoms with Crippen molar-refractivity contribution in [1.29, 1.82) is 0 Å². The van der Waals surface area contributed by atoms with Gasteiger partial charge < -0.3 is 10.2 Å². The van der Waals surface area contributed by atoms with Crippen molar-refractivity contribution >= 4 is 22.0 Å². The van der Waals surface area contributed by atoms with E-state index in [-0.39, 0.29) is 6.03 Å². The highest BCUT2D eigenvalue weighted by Crippen LogP contribution is 1.96. The molecule has 4 heteroatoms. The van der Waals surface area contributed by atoms with Gasteiger partial charge in [-0.2, -0.15) is 0 Å². The van der Waals surface area contributed by atoms with Crippen LogP contribution in [0.25, 0.3) is 0 Å². The first-order valence-electron chi connectivity index (χ1n) is 2.93. The molecule has 52 valence electrons. The van der Waals surface area contributed by atoms with Crippen LogP contribution in [0.2, 0.25) is 0 Å². The summed E-state index contributed by atoms with van der Waals surface area (Å²) in [6.45, 7) is 2.46. The predicted molar refractivity (Wildman–Crippen MR) is 38.8 cm³/mol. The summed E-state index contributed by atoms with van der Waals surface area (Å²) in [6, 6.07) is 0.0643. The van der Waals surface area contributed by atoms with Crippen LogP contribution < -0.4 is 5.32 Å². The molecule has 0 saturated carbocycles. The number of hydrogen-bond acceptors (Lipinski definition) is 1. The topological polar surface area (TPSA) is 32.3 Å². The van der Waals surface area contributed by atoms with E-state index < -0.39 is 0 Å². The van der Waals surface area contributed by atoms with Crippen LogP contribution in [-0.2, 0) is 0 Å². The molecular formula is C5H9BrN2O. The molecule has 1 aliphatic rings. The maximum absolute atomic E-state index is 10.8. The maximum Gasteiger partial charge on any atom is 0.317 e. The lowest BCUT2D eigenvalue weighted by atomic mass is 10.6. The fourth-order valence-corrected chi connectivity index (χ4v) is 1.25. The Hall–Kier alpha value is -0.250. The zero-order valence-corrected chi connectivity index (χ0v) is 6.65. The molecule has 0 radical (unpaired) electrons. The monoisotopic (exact) mass is 192 g/mol. The number of halogens is 1. The molecular weight excluding hydrogens is 184 g/mol. The SMILES string of the molecule is O=C1NCCN1CCBr. The second kappa shape index (κ2) is 3.06. The van der Waals surface area contributed by atoms with Crippen molar-refractivity contribution in [2.75, 3.05) is 25.0 Å². The molecule has 1 saturated heterocycles. The number of rotatable bonds is 2. The number of urea groups is 1. The van der Waals surface area contributed by atoms with Crippen molar-refractivity contribution in [2.24, 2.45) is 0 Å². The van der Waals surface area contributed by atoms with Gasteiger partial charge in [0.25, 0.3) is 0 Å². The van der Waals surface area contributed by atoms with Gasteiger partial charge in [-0.25, -0.2) is 4.79 Å². The molecule has 1 heterocycles. The van der Waals surface area contributed by atoms with E-state index in [1.807, 2.05) is 0 Å². The van der Waals surface area contributed by atoms with Gasteiger partial charge >= 0.3 is 6.03 Å². The van der Waals surface area contributed by atoms with Crippen LogP contribution in [0.5, 0.6) is 0 Å². The minimum Gasteiger partial charge on any atom is -0.336 e. The van der Waals surface area contributed by atoms with Gasteiger partial charge in [0.2, 0.25) is 0 Å². The third kappa shape index (κ3) is 1.58. The minimum absolute atomic E-state index is 0.0643. The lowest BCUT2D eigenvalue weighted by molar-refractivity contribution is 0.220. The summed E-state index contributed by atoms with van der Waals surface area (Å²) in [5, 5.41) is 3.58. The molecule has 0 aromatic rings. The number of nitrogens with zero attached hydrogens (tertiary/aromatic N) is 1. The molecule has 0 aliphatic carbocycles. The normalized spacial score (nSPS) is 18.3. The second-order valence-corrected chi connectivity index (χ2v) is 2.70. The van der Waals surface area contributed by atoms with Crippen molar-refractivity contribution in [2.45, 2.75) is 0 Å². The fourth-order valence-electron chi connectivity index (χ4n) is 0.827. The van der Waals surface area contributed by atoms with Gasteiger partial charge in [-0.15, -0.1) is 0 Å². The molecule has 3 nitrogen and oxygen atoms in total. The molecule has 0 bridgehead atoms. The second-order valence-electron chi connectivity index (χ2n) is 1.91. The Morgan fingerprint density at radius 2 is 2.56 bits per heavy atom. The average molecular weight is 193 g/mol. The zero-order chi connectivity index (χ0) is 6.69. The molecule has 0 aromatic heterocycles. The van der Waals surface area contributed by atoms with Gasteiger partial charge in [-0.3, -0.25) is 0 Å². The van der Waals surface area contributed by atoms with Crippen LogP contribution in [0.4, 0.5) is 4.79 Å².